The van der Waals surface area contributed by atoms with Crippen LogP contribution in [0.15, 0.2) is 48.5 Å². The SMILES string of the molecule is CN1C(=O)OC2(CCN(Cc3cccc(C#N)c3)CC2)c2ccccc21. The molecule has 0 N–H and O–H groups in total. The Bertz CT molecular complexity index is 879. The molecule has 2 heterocycles. The van der Waals surface area contributed by atoms with Crippen molar-refractivity contribution in [3.63, 3.8) is 0 Å². The third kappa shape index (κ3) is 2.83. The Morgan fingerprint density at radius 3 is 2.69 bits per heavy atom. The molecule has 1 saturated heterocycles. The second-order valence-electron chi connectivity index (χ2n) is 7.03. The summed E-state index contributed by atoms with van der Waals surface area (Å²) in [4.78, 5) is 16.3. The molecule has 132 valence electrons. The first kappa shape index (κ1) is 16.6. The van der Waals surface area contributed by atoms with E-state index in [1.807, 2.05) is 36.4 Å². The van der Waals surface area contributed by atoms with Crippen LogP contribution in [-0.4, -0.2) is 31.1 Å². The first-order chi connectivity index (χ1) is 12.6. The van der Waals surface area contributed by atoms with Crippen LogP contribution in [0, 0.1) is 11.3 Å². The lowest BCUT2D eigenvalue weighted by Gasteiger charge is -2.46. The highest BCUT2D eigenvalue weighted by Crippen LogP contribution is 2.45. The minimum atomic E-state index is -0.523. The van der Waals surface area contributed by atoms with E-state index in [0.717, 1.165) is 49.3 Å². The van der Waals surface area contributed by atoms with Crippen molar-refractivity contribution in [1.82, 2.24) is 4.90 Å². The van der Waals surface area contributed by atoms with Gasteiger partial charge in [-0.2, -0.15) is 5.26 Å². The zero-order valence-electron chi connectivity index (χ0n) is 14.8. The van der Waals surface area contributed by atoms with Gasteiger partial charge in [-0.1, -0.05) is 30.3 Å². The molecule has 0 atom stereocenters. The number of hydrogen-bond donors (Lipinski definition) is 0. The molecule has 1 amide bonds. The second-order valence-corrected chi connectivity index (χ2v) is 7.03. The van der Waals surface area contributed by atoms with Gasteiger partial charge in [0.05, 0.1) is 17.3 Å². The number of carbonyl (C=O) groups is 1. The van der Waals surface area contributed by atoms with Crippen LogP contribution in [0.2, 0.25) is 0 Å². The summed E-state index contributed by atoms with van der Waals surface area (Å²) in [6, 6.07) is 18.0. The second kappa shape index (κ2) is 6.47. The van der Waals surface area contributed by atoms with Gasteiger partial charge in [0, 0.05) is 45.1 Å². The molecule has 5 nitrogen and oxygen atoms in total. The van der Waals surface area contributed by atoms with Crippen LogP contribution in [0.25, 0.3) is 0 Å². The molecule has 2 aliphatic heterocycles. The number of hydrogen-bond acceptors (Lipinski definition) is 4. The van der Waals surface area contributed by atoms with Crippen molar-refractivity contribution in [2.24, 2.45) is 0 Å². The third-order valence-electron chi connectivity index (χ3n) is 5.44. The zero-order valence-corrected chi connectivity index (χ0v) is 14.8. The van der Waals surface area contributed by atoms with Crippen molar-refractivity contribution in [2.45, 2.75) is 25.0 Å². The molecule has 2 aromatic rings. The van der Waals surface area contributed by atoms with Gasteiger partial charge in [0.1, 0.15) is 5.60 Å². The highest BCUT2D eigenvalue weighted by Gasteiger charge is 2.45. The Morgan fingerprint density at radius 1 is 1.15 bits per heavy atom. The molecule has 2 aliphatic rings. The van der Waals surface area contributed by atoms with E-state index in [-0.39, 0.29) is 6.09 Å². The molecular weight excluding hydrogens is 326 g/mol. The fourth-order valence-electron chi connectivity index (χ4n) is 3.98. The van der Waals surface area contributed by atoms with Gasteiger partial charge in [-0.3, -0.25) is 9.80 Å². The number of piperidine rings is 1. The summed E-state index contributed by atoms with van der Waals surface area (Å²) in [5.41, 5.74) is 3.35. The van der Waals surface area contributed by atoms with Gasteiger partial charge in [0.25, 0.3) is 0 Å². The highest BCUT2D eigenvalue weighted by atomic mass is 16.6. The Kier molecular flexibility index (Phi) is 4.14. The number of nitrogens with zero attached hydrogens (tertiary/aromatic N) is 3. The maximum Gasteiger partial charge on any atom is 0.414 e. The van der Waals surface area contributed by atoms with Gasteiger partial charge in [-0.25, -0.2) is 4.79 Å². The van der Waals surface area contributed by atoms with Gasteiger partial charge in [-0.05, 0) is 23.8 Å². The number of amides is 1. The molecule has 0 unspecified atom stereocenters. The Morgan fingerprint density at radius 2 is 1.92 bits per heavy atom. The molecule has 26 heavy (non-hydrogen) atoms. The van der Waals surface area contributed by atoms with Gasteiger partial charge in [0.15, 0.2) is 0 Å². The summed E-state index contributed by atoms with van der Waals surface area (Å²) in [6.45, 7) is 2.51. The summed E-state index contributed by atoms with van der Waals surface area (Å²) in [5, 5.41) is 9.06. The maximum absolute atomic E-state index is 12.3. The molecule has 0 bridgehead atoms. The average molecular weight is 347 g/mol. The van der Waals surface area contributed by atoms with E-state index in [4.69, 9.17) is 10.00 Å². The van der Waals surface area contributed by atoms with Crippen LogP contribution in [-0.2, 0) is 16.9 Å². The number of para-hydroxylation sites is 1. The minimum Gasteiger partial charge on any atom is -0.437 e. The number of anilines is 1. The summed E-state index contributed by atoms with van der Waals surface area (Å²) in [7, 11) is 1.76. The van der Waals surface area contributed by atoms with E-state index in [2.05, 4.69) is 23.1 Å². The van der Waals surface area contributed by atoms with E-state index in [9.17, 15) is 4.79 Å². The number of benzene rings is 2. The van der Waals surface area contributed by atoms with E-state index < -0.39 is 5.60 Å². The van der Waals surface area contributed by atoms with Crippen molar-refractivity contribution < 1.29 is 9.53 Å². The lowest BCUT2D eigenvalue weighted by atomic mass is 9.82. The van der Waals surface area contributed by atoms with E-state index in [0.29, 0.717) is 5.56 Å². The Balaban J connectivity index is 1.52. The van der Waals surface area contributed by atoms with Gasteiger partial charge < -0.3 is 4.74 Å². The van der Waals surface area contributed by atoms with Crippen molar-refractivity contribution in [3.8, 4) is 6.07 Å². The van der Waals surface area contributed by atoms with Gasteiger partial charge >= 0.3 is 6.09 Å². The van der Waals surface area contributed by atoms with Crippen LogP contribution in [0.5, 0.6) is 0 Å². The zero-order chi connectivity index (χ0) is 18.1. The Hall–Kier alpha value is -2.84. The number of nitriles is 1. The minimum absolute atomic E-state index is 0.279. The molecule has 2 aromatic carbocycles. The maximum atomic E-state index is 12.3. The van der Waals surface area contributed by atoms with Crippen molar-refractivity contribution >= 4 is 11.8 Å². The Labute approximate surface area is 153 Å². The van der Waals surface area contributed by atoms with E-state index in [1.165, 1.54) is 0 Å². The first-order valence-electron chi connectivity index (χ1n) is 8.89. The van der Waals surface area contributed by atoms with E-state index in [1.54, 1.807) is 11.9 Å². The van der Waals surface area contributed by atoms with Crippen LogP contribution in [0.4, 0.5) is 10.5 Å². The first-order valence-corrected chi connectivity index (χ1v) is 8.89. The fraction of sp³-hybridized carbons (Fsp3) is 0.333. The van der Waals surface area contributed by atoms with Crippen LogP contribution in [0.1, 0.15) is 29.5 Å². The molecule has 1 spiro atoms. The number of carbonyl (C=O) groups excluding carboxylic acids is 1. The molecular formula is C21H21N3O2. The molecule has 0 aromatic heterocycles. The molecule has 0 saturated carbocycles. The summed E-state index contributed by atoms with van der Waals surface area (Å²) in [6.07, 6.45) is 1.28. The number of fused-ring (bicyclic) bond motifs is 2. The molecule has 4 rings (SSSR count). The van der Waals surface area contributed by atoms with Crippen molar-refractivity contribution in [1.29, 1.82) is 5.26 Å². The van der Waals surface area contributed by atoms with Crippen LogP contribution in [0.3, 0.4) is 0 Å². The molecule has 0 radical (unpaired) electrons. The number of likely N-dealkylation sites (tertiary alicyclic amines) is 1. The van der Waals surface area contributed by atoms with Gasteiger partial charge in [-0.15, -0.1) is 0 Å². The topological polar surface area (TPSA) is 56.6 Å². The largest absolute Gasteiger partial charge is 0.437 e. The standard InChI is InChI=1S/C21H21N3O2/c1-23-19-8-3-2-7-18(19)21(26-20(23)25)9-11-24(12-10-21)15-17-6-4-5-16(13-17)14-22/h2-8,13H,9-12,15H2,1H3. The quantitative estimate of drug-likeness (QED) is 0.832. The monoisotopic (exact) mass is 347 g/mol. The summed E-state index contributed by atoms with van der Waals surface area (Å²) < 4.78 is 5.91. The molecule has 5 heteroatoms. The highest BCUT2D eigenvalue weighted by molar-refractivity contribution is 5.91. The summed E-state index contributed by atoms with van der Waals surface area (Å²) >= 11 is 0. The van der Waals surface area contributed by atoms with E-state index >= 15 is 0 Å². The lowest BCUT2D eigenvalue weighted by Crippen LogP contribution is -2.50. The smallest absolute Gasteiger partial charge is 0.414 e. The lowest BCUT2D eigenvalue weighted by molar-refractivity contribution is -0.0428. The number of ether oxygens (including phenoxy) is 1. The average Bonchev–Trinajstić information content (AvgIpc) is 2.68. The third-order valence-corrected chi connectivity index (χ3v) is 5.44. The van der Waals surface area contributed by atoms with Crippen LogP contribution >= 0.6 is 0 Å². The van der Waals surface area contributed by atoms with Crippen LogP contribution < -0.4 is 4.90 Å². The molecule has 0 aliphatic carbocycles. The number of rotatable bonds is 2. The fourth-order valence-corrected chi connectivity index (χ4v) is 3.98. The van der Waals surface area contributed by atoms with Crippen molar-refractivity contribution in [3.05, 3.63) is 65.2 Å². The predicted octanol–water partition coefficient (Wildman–Crippen LogP) is 3.64. The van der Waals surface area contributed by atoms with Crippen molar-refractivity contribution in [2.75, 3.05) is 25.0 Å². The van der Waals surface area contributed by atoms with Gasteiger partial charge in [0.2, 0.25) is 0 Å². The summed E-state index contributed by atoms with van der Waals surface area (Å²) in [5.74, 6) is 0. The normalized spacial score (nSPS) is 18.9. The molecule has 1 fully saturated rings. The predicted molar refractivity (Wildman–Crippen MR) is 98.7 cm³/mol.